The molecule has 4 rings (SSSR count). The predicted molar refractivity (Wildman–Crippen MR) is 144 cm³/mol. The molecule has 0 saturated carbocycles. The zero-order valence-electron chi connectivity index (χ0n) is 21.1. The molecule has 0 aliphatic rings. The summed E-state index contributed by atoms with van der Waals surface area (Å²) >= 11 is 1.29. The zero-order chi connectivity index (χ0) is 25.8. The van der Waals surface area contributed by atoms with Crippen molar-refractivity contribution in [2.75, 3.05) is 5.32 Å². The second-order valence-corrected chi connectivity index (χ2v) is 9.90. The summed E-state index contributed by atoms with van der Waals surface area (Å²) in [5, 5.41) is 9.33. The molecule has 0 spiro atoms. The Bertz CT molecular complexity index is 1350. The number of hydrogen-bond donors (Lipinski definition) is 1. The average Bonchev–Trinajstić information content (AvgIpc) is 3.47. The number of carbonyl (C=O) groups is 2. The third-order valence-electron chi connectivity index (χ3n) is 6.11. The van der Waals surface area contributed by atoms with Crippen molar-refractivity contribution in [3.8, 4) is 22.4 Å². The van der Waals surface area contributed by atoms with Crippen molar-refractivity contribution in [3.63, 3.8) is 0 Å². The Morgan fingerprint density at radius 1 is 1.00 bits per heavy atom. The summed E-state index contributed by atoms with van der Waals surface area (Å²) in [6, 6.07) is 17.6. The highest BCUT2D eigenvalue weighted by atomic mass is 32.1. The maximum Gasteiger partial charge on any atom is 0.342 e. The van der Waals surface area contributed by atoms with E-state index in [0.717, 1.165) is 23.1 Å². The van der Waals surface area contributed by atoms with Crippen LogP contribution in [0.5, 0.6) is 0 Å². The number of benzene rings is 2. The van der Waals surface area contributed by atoms with E-state index in [1.165, 1.54) is 16.9 Å². The number of amides is 1. The third-order valence-corrected chi connectivity index (χ3v) is 7.00. The lowest BCUT2D eigenvalue weighted by atomic mass is 9.95. The smallest absolute Gasteiger partial charge is 0.342 e. The molecule has 36 heavy (non-hydrogen) atoms. The Balaban J connectivity index is 1.71. The molecule has 0 aliphatic carbocycles. The molecule has 2 heterocycles. The van der Waals surface area contributed by atoms with Crippen LogP contribution in [0.4, 0.5) is 5.00 Å². The van der Waals surface area contributed by atoms with Gasteiger partial charge in [0, 0.05) is 16.5 Å². The maximum absolute atomic E-state index is 13.4. The third kappa shape index (κ3) is 5.26. The molecule has 0 fully saturated rings. The van der Waals surface area contributed by atoms with E-state index in [0.29, 0.717) is 33.5 Å². The number of carbonyl (C=O) groups excluding carboxylic acids is 2. The first-order valence-electron chi connectivity index (χ1n) is 12.1. The molecule has 186 valence electrons. The van der Waals surface area contributed by atoms with E-state index in [-0.39, 0.29) is 6.10 Å². The van der Waals surface area contributed by atoms with E-state index in [1.54, 1.807) is 20.8 Å². The van der Waals surface area contributed by atoms with Crippen LogP contribution >= 0.6 is 11.3 Å². The van der Waals surface area contributed by atoms with Crippen molar-refractivity contribution in [1.82, 2.24) is 5.16 Å². The highest BCUT2D eigenvalue weighted by Gasteiger charge is 2.27. The SMILES string of the molecule is CC[C@H](C)c1ccc(-c2csc(NC(=O)c3c(-c4ccccc4)noc3C)c2C(=O)OC(C)C)cc1. The van der Waals surface area contributed by atoms with E-state index >= 15 is 0 Å². The Kier molecular flexibility index (Phi) is 7.70. The molecule has 0 unspecified atom stereocenters. The molecular formula is C29H30N2O4S. The summed E-state index contributed by atoms with van der Waals surface area (Å²) in [6.07, 6.45) is 0.749. The first-order valence-corrected chi connectivity index (χ1v) is 12.9. The van der Waals surface area contributed by atoms with Crippen molar-refractivity contribution in [2.24, 2.45) is 0 Å². The topological polar surface area (TPSA) is 81.4 Å². The van der Waals surface area contributed by atoms with Crippen LogP contribution in [0.1, 0.15) is 72.1 Å². The lowest BCUT2D eigenvalue weighted by Gasteiger charge is -2.13. The maximum atomic E-state index is 13.4. The normalized spacial score (nSPS) is 11.9. The number of rotatable bonds is 8. The number of esters is 1. The number of aryl methyl sites for hydroxylation is 1. The number of anilines is 1. The number of hydrogen-bond acceptors (Lipinski definition) is 6. The van der Waals surface area contributed by atoms with Gasteiger partial charge in [-0.15, -0.1) is 11.3 Å². The van der Waals surface area contributed by atoms with Crippen LogP contribution in [-0.2, 0) is 4.74 Å². The standard InChI is InChI=1S/C29H30N2O4S/c1-6-18(4)20-12-14-21(15-13-20)23-16-36-28(25(23)29(33)34-17(2)3)30-27(32)24-19(5)35-31-26(24)22-10-8-7-9-11-22/h7-18H,6H2,1-5H3,(H,30,32)/t18-/m0/s1. The molecule has 7 heteroatoms. The van der Waals surface area contributed by atoms with Crippen LogP contribution in [0, 0.1) is 6.92 Å². The minimum absolute atomic E-state index is 0.299. The van der Waals surface area contributed by atoms with Gasteiger partial charge in [-0.3, -0.25) is 4.79 Å². The van der Waals surface area contributed by atoms with Crippen molar-refractivity contribution < 1.29 is 18.8 Å². The van der Waals surface area contributed by atoms with Gasteiger partial charge in [-0.25, -0.2) is 4.79 Å². The molecule has 1 atom stereocenters. The van der Waals surface area contributed by atoms with Crippen LogP contribution < -0.4 is 5.32 Å². The molecule has 1 amide bonds. The van der Waals surface area contributed by atoms with Gasteiger partial charge in [0.15, 0.2) is 0 Å². The minimum Gasteiger partial charge on any atom is -0.459 e. The number of aromatic nitrogens is 1. The largest absolute Gasteiger partial charge is 0.459 e. The lowest BCUT2D eigenvalue weighted by molar-refractivity contribution is 0.0380. The molecule has 0 saturated heterocycles. The van der Waals surface area contributed by atoms with Crippen molar-refractivity contribution in [3.05, 3.63) is 82.4 Å². The summed E-state index contributed by atoms with van der Waals surface area (Å²) in [6.45, 7) is 9.65. The quantitative estimate of drug-likeness (QED) is 0.250. The Morgan fingerprint density at radius 2 is 1.69 bits per heavy atom. The molecule has 2 aromatic carbocycles. The van der Waals surface area contributed by atoms with Gasteiger partial charge in [0.25, 0.3) is 5.91 Å². The van der Waals surface area contributed by atoms with Crippen molar-refractivity contribution >= 4 is 28.2 Å². The van der Waals surface area contributed by atoms with Crippen LogP contribution in [0.2, 0.25) is 0 Å². The summed E-state index contributed by atoms with van der Waals surface area (Å²) in [4.78, 5) is 26.6. The summed E-state index contributed by atoms with van der Waals surface area (Å²) in [5.41, 5.74) is 4.75. The van der Waals surface area contributed by atoms with Gasteiger partial charge in [-0.1, -0.05) is 73.6 Å². The molecule has 0 radical (unpaired) electrons. The number of nitrogens with zero attached hydrogens (tertiary/aromatic N) is 1. The van der Waals surface area contributed by atoms with E-state index in [9.17, 15) is 9.59 Å². The molecule has 2 aromatic heterocycles. The van der Waals surface area contributed by atoms with Gasteiger partial charge in [0.1, 0.15) is 27.6 Å². The highest BCUT2D eigenvalue weighted by Crippen LogP contribution is 2.38. The molecular weight excluding hydrogens is 472 g/mol. The number of ether oxygens (including phenoxy) is 1. The van der Waals surface area contributed by atoms with Gasteiger partial charge in [-0.2, -0.15) is 0 Å². The molecule has 0 aliphatic heterocycles. The van der Waals surface area contributed by atoms with Crippen LogP contribution in [0.15, 0.2) is 64.5 Å². The predicted octanol–water partition coefficient (Wildman–Crippen LogP) is 7.71. The van der Waals surface area contributed by atoms with Gasteiger partial charge in [0.2, 0.25) is 0 Å². The number of thiophene rings is 1. The molecule has 1 N–H and O–H groups in total. The van der Waals surface area contributed by atoms with Crippen molar-refractivity contribution in [1.29, 1.82) is 0 Å². The van der Waals surface area contributed by atoms with E-state index in [4.69, 9.17) is 9.26 Å². The fourth-order valence-corrected chi connectivity index (χ4v) is 4.92. The monoisotopic (exact) mass is 502 g/mol. The first-order chi connectivity index (χ1) is 17.3. The Labute approximate surface area is 215 Å². The lowest BCUT2D eigenvalue weighted by Crippen LogP contribution is -2.17. The van der Waals surface area contributed by atoms with Crippen LogP contribution in [-0.4, -0.2) is 23.1 Å². The Morgan fingerprint density at radius 3 is 2.33 bits per heavy atom. The molecule has 6 nitrogen and oxygen atoms in total. The van der Waals surface area contributed by atoms with Gasteiger partial charge < -0.3 is 14.6 Å². The van der Waals surface area contributed by atoms with Crippen LogP contribution in [0.3, 0.4) is 0 Å². The Hall–Kier alpha value is -3.71. The fourth-order valence-electron chi connectivity index (χ4n) is 3.96. The van der Waals surface area contributed by atoms with Gasteiger partial charge in [0.05, 0.1) is 6.10 Å². The van der Waals surface area contributed by atoms with Crippen molar-refractivity contribution in [2.45, 2.75) is 53.1 Å². The van der Waals surface area contributed by atoms with E-state index in [1.807, 2.05) is 47.8 Å². The number of nitrogens with one attached hydrogen (secondary N) is 1. The van der Waals surface area contributed by atoms with Crippen LogP contribution in [0.25, 0.3) is 22.4 Å². The summed E-state index contributed by atoms with van der Waals surface area (Å²) in [7, 11) is 0. The minimum atomic E-state index is -0.479. The second kappa shape index (κ2) is 10.9. The summed E-state index contributed by atoms with van der Waals surface area (Å²) < 4.78 is 10.9. The highest BCUT2D eigenvalue weighted by molar-refractivity contribution is 7.15. The fraction of sp³-hybridized carbons (Fsp3) is 0.276. The second-order valence-electron chi connectivity index (χ2n) is 9.02. The van der Waals surface area contributed by atoms with Gasteiger partial charge in [-0.05, 0) is 44.2 Å². The van der Waals surface area contributed by atoms with Gasteiger partial charge >= 0.3 is 5.97 Å². The molecule has 0 bridgehead atoms. The average molecular weight is 503 g/mol. The van der Waals surface area contributed by atoms with E-state index < -0.39 is 11.9 Å². The molecule has 4 aromatic rings. The zero-order valence-corrected chi connectivity index (χ0v) is 21.9. The summed E-state index contributed by atoms with van der Waals surface area (Å²) in [5.74, 6) is -0.0259. The van der Waals surface area contributed by atoms with E-state index in [2.05, 4.69) is 36.5 Å². The first kappa shape index (κ1) is 25.4.